The van der Waals surface area contributed by atoms with Crippen LogP contribution in [0.25, 0.3) is 49.7 Å². The molecule has 9 aromatic carbocycles. The third-order valence-corrected chi connectivity index (χ3v) is 14.0. The molecule has 0 unspecified atom stereocenters. The number of hydrogen-bond acceptors (Lipinski definition) is 1. The van der Waals surface area contributed by atoms with Gasteiger partial charge in [0.1, 0.15) is 0 Å². The van der Waals surface area contributed by atoms with E-state index >= 15 is 0 Å². The largest absolute Gasteiger partial charge is 0.338 e. The number of anilines is 2. The van der Waals surface area contributed by atoms with Crippen molar-refractivity contribution in [2.45, 2.75) is 38.0 Å². The van der Waals surface area contributed by atoms with Gasteiger partial charge in [0, 0.05) is 23.3 Å². The lowest BCUT2D eigenvalue weighted by atomic mass is 9.55. The van der Waals surface area contributed by atoms with E-state index in [1.807, 2.05) is 0 Å². The minimum Gasteiger partial charge on any atom is -0.338 e. The highest BCUT2D eigenvalue weighted by Gasteiger charge is 2.53. The molecule has 1 heteroatoms. The van der Waals surface area contributed by atoms with Gasteiger partial charge in [-0.15, -0.1) is 0 Å². The topological polar surface area (TPSA) is 3.24 Å². The molecule has 0 atom stereocenters. The van der Waals surface area contributed by atoms with Gasteiger partial charge in [0.15, 0.2) is 0 Å². The summed E-state index contributed by atoms with van der Waals surface area (Å²) < 4.78 is 0. The summed E-state index contributed by atoms with van der Waals surface area (Å²) in [5, 5.41) is 2.52. The Hall–Kier alpha value is -7.48. The molecule has 0 heterocycles. The van der Waals surface area contributed by atoms with Crippen molar-refractivity contribution < 1.29 is 0 Å². The summed E-state index contributed by atoms with van der Waals surface area (Å²) in [5.41, 5.74) is 20.1. The van der Waals surface area contributed by atoms with Crippen LogP contribution >= 0.6 is 0 Å². The highest BCUT2D eigenvalue weighted by molar-refractivity contribution is 5.98. The quantitative estimate of drug-likeness (QED) is 0.131. The van der Waals surface area contributed by atoms with Crippen molar-refractivity contribution in [2.75, 3.05) is 11.4 Å². The average Bonchev–Trinajstić information content (AvgIpc) is 3.66. The fraction of sp³-hybridized carbons (Fsp3) is 0.111. The maximum absolute atomic E-state index is 2.43. The summed E-state index contributed by atoms with van der Waals surface area (Å²) in [6, 6.07) is 78.6. The average molecular weight is 822 g/mol. The van der Waals surface area contributed by atoms with E-state index in [1.54, 1.807) is 0 Å². The SMILES string of the molecule is CC/C=C(\C=C/CN(c1ccc(-c2ccccc2)cc1)c1ccc(-c2cccc3ccccc23)cc1)c1cccc2c1-c1ccccc1C21c2ccccc2C(C)(C)c2ccccc21. The summed E-state index contributed by atoms with van der Waals surface area (Å²) in [6.45, 7) is 7.73. The Morgan fingerprint density at radius 3 is 1.66 bits per heavy atom. The molecule has 64 heavy (non-hydrogen) atoms. The van der Waals surface area contributed by atoms with Gasteiger partial charge < -0.3 is 4.90 Å². The van der Waals surface area contributed by atoms with E-state index in [4.69, 9.17) is 0 Å². The van der Waals surface area contributed by atoms with Crippen LogP contribution in [0.4, 0.5) is 11.4 Å². The fourth-order valence-electron chi connectivity index (χ4n) is 11.0. The van der Waals surface area contributed by atoms with Crippen LogP contribution in [0.2, 0.25) is 0 Å². The zero-order valence-corrected chi connectivity index (χ0v) is 36.8. The first-order valence-corrected chi connectivity index (χ1v) is 22.8. The van der Waals surface area contributed by atoms with Gasteiger partial charge in [-0.2, -0.15) is 0 Å². The summed E-state index contributed by atoms with van der Waals surface area (Å²) in [4.78, 5) is 2.43. The smallest absolute Gasteiger partial charge is 0.0719 e. The van der Waals surface area contributed by atoms with Crippen molar-refractivity contribution in [1.29, 1.82) is 0 Å². The Morgan fingerprint density at radius 1 is 0.453 bits per heavy atom. The van der Waals surface area contributed by atoms with Crippen molar-refractivity contribution in [3.05, 3.63) is 269 Å². The number of nitrogens with zero attached hydrogens (tertiary/aromatic N) is 1. The molecule has 9 aromatic rings. The van der Waals surface area contributed by atoms with Crippen molar-refractivity contribution >= 4 is 27.7 Å². The van der Waals surface area contributed by atoms with E-state index in [9.17, 15) is 0 Å². The van der Waals surface area contributed by atoms with Crippen molar-refractivity contribution in [2.24, 2.45) is 0 Å². The lowest BCUT2D eigenvalue weighted by Crippen LogP contribution is -2.40. The monoisotopic (exact) mass is 821 g/mol. The van der Waals surface area contributed by atoms with Gasteiger partial charge in [-0.25, -0.2) is 0 Å². The second-order valence-electron chi connectivity index (χ2n) is 17.8. The predicted octanol–water partition coefficient (Wildman–Crippen LogP) is 16.4. The summed E-state index contributed by atoms with van der Waals surface area (Å²) in [6.07, 6.45) is 8.06. The van der Waals surface area contributed by atoms with E-state index in [0.717, 1.165) is 17.8 Å². The van der Waals surface area contributed by atoms with E-state index < -0.39 is 5.41 Å². The highest BCUT2D eigenvalue weighted by atomic mass is 15.1. The Balaban J connectivity index is 1.00. The summed E-state index contributed by atoms with van der Waals surface area (Å²) in [7, 11) is 0. The van der Waals surface area contributed by atoms with Crippen LogP contribution in [-0.4, -0.2) is 6.54 Å². The molecular formula is C63H51N. The van der Waals surface area contributed by atoms with Gasteiger partial charge in [-0.05, 0) is 119 Å². The molecule has 11 rings (SSSR count). The number of benzene rings is 9. The number of hydrogen-bond donors (Lipinski definition) is 0. The molecule has 0 N–H and O–H groups in total. The Morgan fingerprint density at radius 2 is 0.969 bits per heavy atom. The lowest BCUT2D eigenvalue weighted by molar-refractivity contribution is 0.563. The van der Waals surface area contributed by atoms with Crippen molar-refractivity contribution in [3.63, 3.8) is 0 Å². The number of allylic oxidation sites excluding steroid dienone is 3. The van der Waals surface area contributed by atoms with Gasteiger partial charge in [0.05, 0.1) is 5.41 Å². The maximum Gasteiger partial charge on any atom is 0.0719 e. The minimum atomic E-state index is -0.424. The molecule has 2 aliphatic carbocycles. The Kier molecular flexibility index (Phi) is 9.85. The van der Waals surface area contributed by atoms with Gasteiger partial charge in [-0.1, -0.05) is 227 Å². The molecule has 0 aliphatic heterocycles. The van der Waals surface area contributed by atoms with Gasteiger partial charge in [0.2, 0.25) is 0 Å². The number of rotatable bonds is 9. The third kappa shape index (κ3) is 6.29. The van der Waals surface area contributed by atoms with E-state index in [0.29, 0.717) is 6.54 Å². The molecule has 308 valence electrons. The molecule has 0 bridgehead atoms. The normalized spacial score (nSPS) is 14.3. The van der Waals surface area contributed by atoms with E-state index in [-0.39, 0.29) is 5.41 Å². The van der Waals surface area contributed by atoms with Crippen molar-refractivity contribution in [3.8, 4) is 33.4 Å². The van der Waals surface area contributed by atoms with Crippen LogP contribution in [0.5, 0.6) is 0 Å². The lowest BCUT2D eigenvalue weighted by Gasteiger charge is -2.46. The molecule has 2 aliphatic rings. The molecule has 1 spiro atoms. The zero-order valence-electron chi connectivity index (χ0n) is 36.8. The highest BCUT2D eigenvalue weighted by Crippen LogP contribution is 2.63. The molecule has 0 saturated carbocycles. The Bertz CT molecular complexity index is 3180. The Labute approximate surface area is 378 Å². The van der Waals surface area contributed by atoms with Crippen LogP contribution in [0.15, 0.2) is 231 Å². The molecule has 0 fully saturated rings. The predicted molar refractivity (Wildman–Crippen MR) is 272 cm³/mol. The zero-order chi connectivity index (χ0) is 43.3. The van der Waals surface area contributed by atoms with Crippen LogP contribution in [0.1, 0.15) is 66.1 Å². The first-order chi connectivity index (χ1) is 31.5. The van der Waals surface area contributed by atoms with Crippen LogP contribution in [0, 0.1) is 0 Å². The van der Waals surface area contributed by atoms with Crippen LogP contribution in [-0.2, 0) is 10.8 Å². The molecule has 0 aromatic heterocycles. The molecule has 0 amide bonds. The van der Waals surface area contributed by atoms with E-state index in [2.05, 4.69) is 256 Å². The second-order valence-corrected chi connectivity index (χ2v) is 17.8. The molecule has 1 nitrogen and oxygen atoms in total. The standard InChI is InChI=1S/C63H51N/c1-4-19-46(53-28-17-34-60-61(53)54-26-10-11-29-55(54)63(60)58-32-14-12-30-56(58)62(2,3)57-31-13-15-33-59(57)63)24-18-43-64(49-39-35-45(36-40-49)44-20-6-5-7-21-44)50-41-37-48(38-42-50)52-27-16-23-47-22-8-9-25-51(47)52/h5-42H,4,43H2,1-3H3/b24-18-,46-19+. The molecular weight excluding hydrogens is 771 g/mol. The summed E-state index contributed by atoms with van der Waals surface area (Å²) >= 11 is 0. The molecule has 0 radical (unpaired) electrons. The fourth-order valence-corrected chi connectivity index (χ4v) is 11.0. The second kappa shape index (κ2) is 16.0. The van der Waals surface area contributed by atoms with E-state index in [1.165, 1.54) is 88.7 Å². The first-order valence-electron chi connectivity index (χ1n) is 22.8. The number of fused-ring (bicyclic) bond motifs is 10. The van der Waals surface area contributed by atoms with Gasteiger partial charge in [0.25, 0.3) is 0 Å². The molecule has 0 saturated heterocycles. The minimum absolute atomic E-state index is 0.131. The maximum atomic E-state index is 2.43. The summed E-state index contributed by atoms with van der Waals surface area (Å²) in [5.74, 6) is 0. The van der Waals surface area contributed by atoms with Gasteiger partial charge in [-0.3, -0.25) is 0 Å². The van der Waals surface area contributed by atoms with Crippen LogP contribution < -0.4 is 4.90 Å². The van der Waals surface area contributed by atoms with Crippen LogP contribution in [0.3, 0.4) is 0 Å². The first kappa shape index (κ1) is 39.4. The van der Waals surface area contributed by atoms with Crippen molar-refractivity contribution in [1.82, 2.24) is 0 Å². The van der Waals surface area contributed by atoms with Gasteiger partial charge >= 0.3 is 0 Å². The third-order valence-electron chi connectivity index (χ3n) is 14.0.